The molecule has 3 heteroatoms. The van der Waals surface area contributed by atoms with Crippen molar-refractivity contribution in [3.63, 3.8) is 0 Å². The van der Waals surface area contributed by atoms with Crippen LogP contribution in [0.1, 0.15) is 18.9 Å². The van der Waals surface area contributed by atoms with Gasteiger partial charge in [-0.3, -0.25) is 4.79 Å². The van der Waals surface area contributed by atoms with E-state index in [2.05, 4.69) is 62.8 Å². The lowest BCUT2D eigenvalue weighted by atomic mass is 10.1. The summed E-state index contributed by atoms with van der Waals surface area (Å²) in [5.41, 5.74) is 1.20. The maximum atomic E-state index is 11.3. The average molecular weight is 367 g/mol. The highest BCUT2D eigenvalue weighted by Crippen LogP contribution is 2.14. The molecule has 1 aromatic carbocycles. The Morgan fingerprint density at radius 2 is 2.00 bits per heavy atom. The minimum atomic E-state index is -0.0347. The van der Waals surface area contributed by atoms with Crippen LogP contribution in [-0.4, -0.2) is 10.6 Å². The molecule has 0 saturated carbocycles. The lowest BCUT2D eigenvalue weighted by Crippen LogP contribution is -2.15. The largest absolute Gasteiger partial charge is 0.298 e. The van der Waals surface area contributed by atoms with E-state index in [1.165, 1.54) is 9.13 Å². The maximum absolute atomic E-state index is 11.3. The number of alkyl halides is 1. The second-order valence-electron chi connectivity index (χ2n) is 3.12. The standard InChI is InChI=1S/C11H12BrIO/c1-2-11(14)10(12)7-8-3-5-9(13)6-4-8/h3-6,10H,2,7H2,1H3. The molecular formula is C11H12BrIO. The van der Waals surface area contributed by atoms with Gasteiger partial charge in [-0.25, -0.2) is 0 Å². The maximum Gasteiger partial charge on any atom is 0.146 e. The van der Waals surface area contributed by atoms with Crippen LogP contribution in [0.25, 0.3) is 0 Å². The van der Waals surface area contributed by atoms with Crippen LogP contribution in [0.15, 0.2) is 24.3 Å². The van der Waals surface area contributed by atoms with E-state index >= 15 is 0 Å². The van der Waals surface area contributed by atoms with Crippen molar-refractivity contribution in [2.75, 3.05) is 0 Å². The molecule has 0 aliphatic carbocycles. The number of carbonyl (C=O) groups excluding carboxylic acids is 1. The minimum Gasteiger partial charge on any atom is -0.298 e. The summed E-state index contributed by atoms with van der Waals surface area (Å²) >= 11 is 5.68. The van der Waals surface area contributed by atoms with E-state index in [-0.39, 0.29) is 10.6 Å². The topological polar surface area (TPSA) is 17.1 Å². The highest BCUT2D eigenvalue weighted by atomic mass is 127. The number of ketones is 1. The van der Waals surface area contributed by atoms with Crippen molar-refractivity contribution >= 4 is 44.3 Å². The van der Waals surface area contributed by atoms with E-state index in [1.807, 2.05) is 6.92 Å². The number of carbonyl (C=O) groups is 1. The quantitative estimate of drug-likeness (QED) is 0.588. The fourth-order valence-corrected chi connectivity index (χ4v) is 2.22. The third-order valence-electron chi connectivity index (χ3n) is 2.03. The van der Waals surface area contributed by atoms with Crippen molar-refractivity contribution in [1.29, 1.82) is 0 Å². The molecule has 0 aliphatic heterocycles. The zero-order valence-electron chi connectivity index (χ0n) is 7.97. The molecule has 1 atom stereocenters. The Balaban J connectivity index is 2.60. The van der Waals surface area contributed by atoms with Crippen molar-refractivity contribution < 1.29 is 4.79 Å². The van der Waals surface area contributed by atoms with Gasteiger partial charge in [-0.05, 0) is 46.7 Å². The van der Waals surface area contributed by atoms with Gasteiger partial charge in [0.05, 0.1) is 4.83 Å². The highest BCUT2D eigenvalue weighted by molar-refractivity contribution is 14.1. The van der Waals surface area contributed by atoms with Gasteiger partial charge >= 0.3 is 0 Å². The van der Waals surface area contributed by atoms with E-state index in [0.29, 0.717) is 6.42 Å². The normalized spacial score (nSPS) is 12.5. The zero-order valence-corrected chi connectivity index (χ0v) is 11.7. The van der Waals surface area contributed by atoms with Crippen LogP contribution in [0.4, 0.5) is 0 Å². The summed E-state index contributed by atoms with van der Waals surface area (Å²) in [5, 5.41) is 0. The Kier molecular flexibility index (Phi) is 5.09. The van der Waals surface area contributed by atoms with E-state index in [0.717, 1.165) is 6.42 Å². The number of rotatable bonds is 4. The molecule has 0 aromatic heterocycles. The molecule has 0 fully saturated rings. The predicted octanol–water partition coefficient (Wildman–Crippen LogP) is 3.58. The molecule has 1 nitrogen and oxygen atoms in total. The number of benzene rings is 1. The number of halogens is 2. The van der Waals surface area contributed by atoms with Crippen molar-refractivity contribution in [3.05, 3.63) is 33.4 Å². The van der Waals surface area contributed by atoms with Gasteiger partial charge in [0.15, 0.2) is 0 Å². The van der Waals surface area contributed by atoms with Gasteiger partial charge < -0.3 is 0 Å². The van der Waals surface area contributed by atoms with Crippen molar-refractivity contribution in [2.45, 2.75) is 24.6 Å². The van der Waals surface area contributed by atoms with Crippen LogP contribution in [0.2, 0.25) is 0 Å². The molecule has 1 unspecified atom stereocenters. The Bertz CT molecular complexity index is 308. The van der Waals surface area contributed by atoms with Crippen LogP contribution >= 0.6 is 38.5 Å². The summed E-state index contributed by atoms with van der Waals surface area (Å²) in [6.07, 6.45) is 1.38. The molecule has 0 radical (unpaired) electrons. The van der Waals surface area contributed by atoms with Gasteiger partial charge in [0, 0.05) is 9.99 Å². The Labute approximate surface area is 107 Å². The zero-order chi connectivity index (χ0) is 10.6. The number of hydrogen-bond acceptors (Lipinski definition) is 1. The van der Waals surface area contributed by atoms with Crippen molar-refractivity contribution in [1.82, 2.24) is 0 Å². The first-order chi connectivity index (χ1) is 6.63. The van der Waals surface area contributed by atoms with Crippen molar-refractivity contribution in [2.24, 2.45) is 0 Å². The Morgan fingerprint density at radius 3 is 2.50 bits per heavy atom. The van der Waals surface area contributed by atoms with Gasteiger partial charge in [-0.2, -0.15) is 0 Å². The third kappa shape index (κ3) is 3.69. The summed E-state index contributed by atoms with van der Waals surface area (Å²) < 4.78 is 1.22. The molecule has 0 N–H and O–H groups in total. The Hall–Kier alpha value is 0.1000. The highest BCUT2D eigenvalue weighted by Gasteiger charge is 2.12. The van der Waals surface area contributed by atoms with E-state index in [1.54, 1.807) is 0 Å². The molecule has 14 heavy (non-hydrogen) atoms. The summed E-state index contributed by atoms with van der Waals surface area (Å²) in [5.74, 6) is 0.267. The van der Waals surface area contributed by atoms with Crippen LogP contribution in [0, 0.1) is 3.57 Å². The Morgan fingerprint density at radius 1 is 1.43 bits per heavy atom. The van der Waals surface area contributed by atoms with Crippen molar-refractivity contribution in [3.8, 4) is 0 Å². The van der Waals surface area contributed by atoms with E-state index in [9.17, 15) is 4.79 Å². The van der Waals surface area contributed by atoms with E-state index < -0.39 is 0 Å². The molecule has 0 saturated heterocycles. The molecule has 0 heterocycles. The van der Waals surface area contributed by atoms with Crippen LogP contribution in [0.5, 0.6) is 0 Å². The summed E-state index contributed by atoms with van der Waals surface area (Å²) in [6, 6.07) is 8.26. The molecule has 1 aromatic rings. The lowest BCUT2D eigenvalue weighted by molar-refractivity contribution is -0.118. The smallest absolute Gasteiger partial charge is 0.146 e. The average Bonchev–Trinajstić information content (AvgIpc) is 2.20. The SMILES string of the molecule is CCC(=O)C(Br)Cc1ccc(I)cc1. The third-order valence-corrected chi connectivity index (χ3v) is 3.58. The first-order valence-electron chi connectivity index (χ1n) is 4.54. The van der Waals surface area contributed by atoms with Crippen LogP contribution in [-0.2, 0) is 11.2 Å². The number of Topliss-reactive ketones (excluding diaryl/α,β-unsaturated/α-hetero) is 1. The van der Waals surface area contributed by atoms with Crippen LogP contribution < -0.4 is 0 Å². The minimum absolute atomic E-state index is 0.0347. The van der Waals surface area contributed by atoms with Gasteiger partial charge in [0.25, 0.3) is 0 Å². The molecule has 0 bridgehead atoms. The predicted molar refractivity (Wildman–Crippen MR) is 70.9 cm³/mol. The van der Waals surface area contributed by atoms with Gasteiger partial charge in [-0.1, -0.05) is 35.0 Å². The first kappa shape index (κ1) is 12.2. The summed E-state index contributed by atoms with van der Waals surface area (Å²) in [4.78, 5) is 11.3. The monoisotopic (exact) mass is 366 g/mol. The fourth-order valence-electron chi connectivity index (χ4n) is 1.16. The number of hydrogen-bond donors (Lipinski definition) is 0. The molecule has 76 valence electrons. The van der Waals surface area contributed by atoms with Gasteiger partial charge in [-0.15, -0.1) is 0 Å². The lowest BCUT2D eigenvalue weighted by Gasteiger charge is -2.07. The van der Waals surface area contributed by atoms with E-state index in [4.69, 9.17) is 0 Å². The molecule has 0 amide bonds. The molecular weight excluding hydrogens is 355 g/mol. The molecule has 0 spiro atoms. The second-order valence-corrected chi connectivity index (χ2v) is 5.47. The van der Waals surface area contributed by atoms with Gasteiger partial charge in [0.2, 0.25) is 0 Å². The molecule has 0 aliphatic rings. The second kappa shape index (κ2) is 5.85. The fraction of sp³-hybridized carbons (Fsp3) is 0.364. The first-order valence-corrected chi connectivity index (χ1v) is 6.54. The molecule has 1 rings (SSSR count). The summed E-state index contributed by atoms with van der Waals surface area (Å²) in [7, 11) is 0. The summed E-state index contributed by atoms with van der Waals surface area (Å²) in [6.45, 7) is 1.89. The van der Waals surface area contributed by atoms with Gasteiger partial charge in [0.1, 0.15) is 5.78 Å². The van der Waals surface area contributed by atoms with Crippen LogP contribution in [0.3, 0.4) is 0 Å².